The zero-order chi connectivity index (χ0) is 10.8. The number of ether oxygens (including phenoxy) is 2. The van der Waals surface area contributed by atoms with E-state index in [-0.39, 0.29) is 0 Å². The molecule has 0 unspecified atom stereocenters. The minimum Gasteiger partial charge on any atom is -0.496 e. The van der Waals surface area contributed by atoms with Crippen LogP contribution in [0.5, 0.6) is 11.5 Å². The van der Waals surface area contributed by atoms with Crippen LogP contribution in [0.15, 0.2) is 6.07 Å². The van der Waals surface area contributed by atoms with Crippen LogP contribution in [0.2, 0.25) is 0 Å². The monoisotopic (exact) mass is 319 g/mol. The lowest BCUT2D eigenvalue weighted by atomic mass is 10.0. The minimum absolute atomic E-state index is 0.642. The van der Waals surface area contributed by atoms with Gasteiger partial charge in [0.1, 0.15) is 11.5 Å². The van der Waals surface area contributed by atoms with Gasteiger partial charge >= 0.3 is 0 Å². The van der Waals surface area contributed by atoms with Crippen molar-refractivity contribution in [2.45, 2.75) is 12.8 Å². The Morgan fingerprint density at radius 1 is 1.60 bits per heavy atom. The Hall–Kier alpha value is -0.490. The van der Waals surface area contributed by atoms with E-state index in [1.54, 1.807) is 7.11 Å². The second-order valence-electron chi connectivity index (χ2n) is 3.48. The molecule has 0 saturated carbocycles. The fourth-order valence-electron chi connectivity index (χ4n) is 1.97. The zero-order valence-corrected chi connectivity index (χ0v) is 10.8. The van der Waals surface area contributed by atoms with Gasteiger partial charge in [-0.15, -0.1) is 0 Å². The summed E-state index contributed by atoms with van der Waals surface area (Å²) in [6, 6.07) is 2.02. The summed E-state index contributed by atoms with van der Waals surface area (Å²) < 4.78 is 12.1. The lowest BCUT2D eigenvalue weighted by molar-refractivity contribution is 0.354. The van der Waals surface area contributed by atoms with Gasteiger partial charge in [-0.25, -0.2) is 0 Å². The van der Waals surface area contributed by atoms with Gasteiger partial charge in [-0.3, -0.25) is 0 Å². The minimum atomic E-state index is 0.642. The Balaban J connectivity index is 2.54. The van der Waals surface area contributed by atoms with Gasteiger partial charge in [0.05, 0.1) is 17.3 Å². The van der Waals surface area contributed by atoms with Crippen LogP contribution in [0, 0.1) is 3.57 Å². The average Bonchev–Trinajstić information content (AvgIpc) is 2.71. The zero-order valence-electron chi connectivity index (χ0n) is 8.68. The first-order valence-electron chi connectivity index (χ1n) is 4.99. The lowest BCUT2D eigenvalue weighted by Gasteiger charge is -2.13. The summed E-state index contributed by atoms with van der Waals surface area (Å²) in [4.78, 5) is 0. The standard InChI is InChI=1S/C11H14INO2/c1-14-10-6-9(12)11-8(3-5-15-11)7(10)2-4-13/h6H,2-5,13H2,1H3. The highest BCUT2D eigenvalue weighted by molar-refractivity contribution is 14.1. The van der Waals surface area contributed by atoms with Crippen molar-refractivity contribution >= 4 is 22.6 Å². The number of fused-ring (bicyclic) bond motifs is 1. The molecule has 4 heteroatoms. The van der Waals surface area contributed by atoms with Crippen LogP contribution in [-0.4, -0.2) is 20.3 Å². The fourth-order valence-corrected chi connectivity index (χ4v) is 2.74. The molecular formula is C11H14INO2. The van der Waals surface area contributed by atoms with Crippen LogP contribution >= 0.6 is 22.6 Å². The van der Waals surface area contributed by atoms with E-state index in [0.29, 0.717) is 6.54 Å². The predicted octanol–water partition coefficient (Wildman–Crippen LogP) is 1.74. The maximum Gasteiger partial charge on any atom is 0.136 e. The van der Waals surface area contributed by atoms with Gasteiger partial charge in [0.15, 0.2) is 0 Å². The summed E-state index contributed by atoms with van der Waals surface area (Å²) in [5, 5.41) is 0. The molecule has 1 aliphatic heterocycles. The van der Waals surface area contributed by atoms with E-state index in [4.69, 9.17) is 15.2 Å². The van der Waals surface area contributed by atoms with Gasteiger partial charge in [-0.05, 0) is 41.6 Å². The highest BCUT2D eigenvalue weighted by Crippen LogP contribution is 2.38. The van der Waals surface area contributed by atoms with E-state index < -0.39 is 0 Å². The van der Waals surface area contributed by atoms with E-state index in [0.717, 1.165) is 34.5 Å². The van der Waals surface area contributed by atoms with E-state index in [2.05, 4.69) is 22.6 Å². The number of benzene rings is 1. The maximum atomic E-state index is 5.62. The van der Waals surface area contributed by atoms with E-state index in [1.807, 2.05) is 6.07 Å². The molecule has 0 radical (unpaired) electrons. The Labute approximate surface area is 103 Å². The summed E-state index contributed by atoms with van der Waals surface area (Å²) in [5.74, 6) is 1.97. The molecule has 1 aromatic carbocycles. The largest absolute Gasteiger partial charge is 0.496 e. The highest BCUT2D eigenvalue weighted by atomic mass is 127. The molecule has 0 atom stereocenters. The van der Waals surface area contributed by atoms with Gasteiger partial charge in [0, 0.05) is 17.5 Å². The maximum absolute atomic E-state index is 5.62. The SMILES string of the molecule is COc1cc(I)c2c(c1CCN)CCO2. The van der Waals surface area contributed by atoms with Crippen LogP contribution in [-0.2, 0) is 12.8 Å². The molecule has 1 aromatic rings. The van der Waals surface area contributed by atoms with Crippen LogP contribution in [0.3, 0.4) is 0 Å². The highest BCUT2D eigenvalue weighted by Gasteiger charge is 2.22. The molecule has 2 rings (SSSR count). The summed E-state index contributed by atoms with van der Waals surface area (Å²) in [6.45, 7) is 1.42. The molecule has 1 heterocycles. The number of methoxy groups -OCH3 is 1. The molecule has 3 nitrogen and oxygen atoms in total. The molecule has 0 saturated heterocycles. The van der Waals surface area contributed by atoms with E-state index in [9.17, 15) is 0 Å². The van der Waals surface area contributed by atoms with Crippen molar-refractivity contribution in [1.82, 2.24) is 0 Å². The predicted molar refractivity (Wildman–Crippen MR) is 67.7 cm³/mol. The van der Waals surface area contributed by atoms with Crippen LogP contribution in [0.25, 0.3) is 0 Å². The first-order chi connectivity index (χ1) is 7.27. The van der Waals surface area contributed by atoms with Crippen LogP contribution in [0.4, 0.5) is 0 Å². The summed E-state index contributed by atoms with van der Waals surface area (Å²) in [5.41, 5.74) is 8.12. The first kappa shape index (κ1) is 11.0. The fraction of sp³-hybridized carbons (Fsp3) is 0.455. The van der Waals surface area contributed by atoms with Crippen molar-refractivity contribution in [3.63, 3.8) is 0 Å². The lowest BCUT2D eigenvalue weighted by Crippen LogP contribution is -2.07. The molecule has 0 aliphatic carbocycles. The molecule has 0 bridgehead atoms. The van der Waals surface area contributed by atoms with Crippen molar-refractivity contribution in [3.05, 3.63) is 20.8 Å². The van der Waals surface area contributed by atoms with Gasteiger partial charge in [0.25, 0.3) is 0 Å². The smallest absolute Gasteiger partial charge is 0.136 e. The van der Waals surface area contributed by atoms with Crippen LogP contribution in [0.1, 0.15) is 11.1 Å². The Bertz CT molecular complexity index is 379. The van der Waals surface area contributed by atoms with Crippen molar-refractivity contribution < 1.29 is 9.47 Å². The molecule has 0 amide bonds. The average molecular weight is 319 g/mol. The first-order valence-corrected chi connectivity index (χ1v) is 6.07. The molecular weight excluding hydrogens is 305 g/mol. The van der Waals surface area contributed by atoms with Crippen molar-refractivity contribution in [1.29, 1.82) is 0 Å². The van der Waals surface area contributed by atoms with Crippen molar-refractivity contribution in [3.8, 4) is 11.5 Å². The quantitative estimate of drug-likeness (QED) is 0.863. The topological polar surface area (TPSA) is 44.5 Å². The molecule has 2 N–H and O–H groups in total. The summed E-state index contributed by atoms with van der Waals surface area (Å²) in [7, 11) is 1.70. The summed E-state index contributed by atoms with van der Waals surface area (Å²) in [6.07, 6.45) is 1.82. The van der Waals surface area contributed by atoms with Gasteiger partial charge < -0.3 is 15.2 Å². The van der Waals surface area contributed by atoms with Gasteiger partial charge in [0.2, 0.25) is 0 Å². The van der Waals surface area contributed by atoms with Crippen molar-refractivity contribution in [2.24, 2.45) is 5.73 Å². The van der Waals surface area contributed by atoms with Crippen molar-refractivity contribution in [2.75, 3.05) is 20.3 Å². The van der Waals surface area contributed by atoms with E-state index in [1.165, 1.54) is 11.1 Å². The van der Waals surface area contributed by atoms with Gasteiger partial charge in [-0.2, -0.15) is 0 Å². The number of hydrogen-bond donors (Lipinski definition) is 1. The second kappa shape index (κ2) is 4.57. The Morgan fingerprint density at radius 3 is 3.07 bits per heavy atom. The van der Waals surface area contributed by atoms with Gasteiger partial charge in [-0.1, -0.05) is 0 Å². The number of rotatable bonds is 3. The molecule has 15 heavy (non-hydrogen) atoms. The number of hydrogen-bond acceptors (Lipinski definition) is 3. The Kier molecular flexibility index (Phi) is 3.35. The molecule has 0 spiro atoms. The Morgan fingerprint density at radius 2 is 2.40 bits per heavy atom. The number of nitrogens with two attached hydrogens (primary N) is 1. The third-order valence-corrected chi connectivity index (χ3v) is 3.42. The third kappa shape index (κ3) is 1.92. The van der Waals surface area contributed by atoms with E-state index >= 15 is 0 Å². The molecule has 0 aromatic heterocycles. The molecule has 1 aliphatic rings. The second-order valence-corrected chi connectivity index (χ2v) is 4.65. The summed E-state index contributed by atoms with van der Waals surface area (Å²) >= 11 is 2.28. The molecule has 82 valence electrons. The normalized spacial score (nSPS) is 13.5. The number of halogens is 1. The third-order valence-electron chi connectivity index (χ3n) is 2.62. The van der Waals surface area contributed by atoms with Crippen LogP contribution < -0.4 is 15.2 Å². The molecule has 0 fully saturated rings.